The third-order valence-corrected chi connectivity index (χ3v) is 10.0. The maximum Gasteiger partial charge on any atom is 0.252 e. The van der Waals surface area contributed by atoms with E-state index in [9.17, 15) is 25.8 Å². The molecule has 6 heteroatoms. The topological polar surface area (TPSA) is 48.3 Å². The van der Waals surface area contributed by atoms with E-state index in [1.165, 1.54) is 0 Å². The molecule has 0 N–H and O–H groups in total. The van der Waals surface area contributed by atoms with Gasteiger partial charge < -0.3 is 18.8 Å². The molecular weight excluding hydrogens is 647 g/mol. The highest BCUT2D eigenvalue weighted by Gasteiger charge is 2.46. The molecule has 0 amide bonds. The van der Waals surface area contributed by atoms with Crippen molar-refractivity contribution < 1.29 is 34.6 Å². The molecule has 9 aromatic rings. The summed E-state index contributed by atoms with van der Waals surface area (Å²) in [5, 5.41) is 9.74. The molecule has 0 fully saturated rings. The summed E-state index contributed by atoms with van der Waals surface area (Å²) in [4.78, 5) is 2.10. The molecule has 0 saturated carbocycles. The highest BCUT2D eigenvalue weighted by Crippen LogP contribution is 2.52. The number of hydrogen-bond donors (Lipinski definition) is 0. The van der Waals surface area contributed by atoms with Crippen molar-refractivity contribution in [2.45, 2.75) is 26.2 Å². The zero-order valence-corrected chi connectivity index (χ0v) is 27.8. The first-order chi connectivity index (χ1) is 35.1. The summed E-state index contributed by atoms with van der Waals surface area (Å²) in [5.74, 6) is 0. The van der Waals surface area contributed by atoms with Gasteiger partial charge in [0.05, 0.1) is 69.9 Å². The van der Waals surface area contributed by atoms with Crippen molar-refractivity contribution in [1.82, 2.24) is 4.57 Å². The van der Waals surface area contributed by atoms with Gasteiger partial charge in [0.25, 0.3) is 6.71 Å². The van der Waals surface area contributed by atoms with Gasteiger partial charge in [-0.3, -0.25) is 0 Å². The van der Waals surface area contributed by atoms with E-state index in [1.807, 2.05) is 6.07 Å². The van der Waals surface area contributed by atoms with E-state index in [0.717, 1.165) is 14.4 Å². The van der Waals surface area contributed by atoms with Crippen LogP contribution in [0.3, 0.4) is 0 Å². The standard InChI is InChI=1S/C47H31BN4O/c1-47(2,3)28-18-21-37-35(24-28)48-34-13-9-16-39-46(34)52(38-15-8-12-33-30-10-4-6-14-36(30)51(39)45(33)38)41-23-27(26-49)22-40(44(41)48)50(37)29-19-20-32-31-11-5-7-17-42(31)53-43(32)25-29/h4-25H,1-3H3/i4D,5D,6D,7D,8D,9D,10D,11D,12D,13D,14D,15D,16D,17D,18D,19D,20D,21D,22D,23D,24D,25D. The van der Waals surface area contributed by atoms with Crippen LogP contribution in [0, 0.1) is 11.3 Å². The lowest BCUT2D eigenvalue weighted by molar-refractivity contribution is 0.591. The Hall–Kier alpha value is -6.71. The van der Waals surface area contributed by atoms with Crippen molar-refractivity contribution in [1.29, 1.82) is 5.26 Å². The summed E-state index contributed by atoms with van der Waals surface area (Å²) in [6.45, 7) is 3.28. The number of hydrogen-bond acceptors (Lipinski definition) is 4. The predicted molar refractivity (Wildman–Crippen MR) is 219 cm³/mol. The number of para-hydroxylation sites is 4. The molecular formula is C47H31BN4O. The molecule has 248 valence electrons. The zero-order chi connectivity index (χ0) is 54.5. The largest absolute Gasteiger partial charge is 0.456 e. The lowest BCUT2D eigenvalue weighted by Gasteiger charge is -2.46. The van der Waals surface area contributed by atoms with Crippen molar-refractivity contribution in [2.24, 2.45) is 0 Å². The minimum absolute atomic E-state index is 0.0442. The third kappa shape index (κ3) is 3.61. The molecule has 3 aliphatic rings. The van der Waals surface area contributed by atoms with Crippen LogP contribution in [0.25, 0.3) is 49.4 Å². The fourth-order valence-corrected chi connectivity index (χ4v) is 7.82. The Morgan fingerprint density at radius 3 is 2.21 bits per heavy atom. The van der Waals surface area contributed by atoms with E-state index in [-0.39, 0.29) is 71.6 Å². The summed E-state index contributed by atoms with van der Waals surface area (Å²) in [6, 6.07) is -13.7. The molecule has 0 saturated heterocycles. The second-order valence-corrected chi connectivity index (χ2v) is 13.9. The van der Waals surface area contributed by atoms with Crippen LogP contribution in [0.15, 0.2) is 137 Å². The summed E-state index contributed by atoms with van der Waals surface area (Å²) in [5.41, 5.74) is -7.46. The highest BCUT2D eigenvalue weighted by atomic mass is 16.3. The molecule has 2 aromatic heterocycles. The van der Waals surface area contributed by atoms with Crippen LogP contribution in [-0.2, 0) is 5.41 Å². The monoisotopic (exact) mass is 700 g/mol. The van der Waals surface area contributed by atoms with Crippen molar-refractivity contribution in [3.8, 4) is 11.8 Å². The number of aromatic nitrogens is 1. The van der Waals surface area contributed by atoms with Gasteiger partial charge in [-0.25, -0.2) is 0 Å². The number of rotatable bonds is 1. The highest BCUT2D eigenvalue weighted by molar-refractivity contribution is 7.00. The maximum atomic E-state index is 11.0. The molecule has 0 bridgehead atoms. The number of furan rings is 1. The molecule has 7 aromatic carbocycles. The summed E-state index contributed by atoms with van der Waals surface area (Å²) in [6.07, 6.45) is 0. The molecule has 5 nitrogen and oxygen atoms in total. The van der Waals surface area contributed by atoms with Gasteiger partial charge >= 0.3 is 0 Å². The molecule has 0 spiro atoms. The second-order valence-electron chi connectivity index (χ2n) is 13.9. The van der Waals surface area contributed by atoms with E-state index >= 15 is 0 Å². The first-order valence-corrected chi connectivity index (χ1v) is 16.5. The Labute approximate surface area is 337 Å². The minimum Gasteiger partial charge on any atom is -0.456 e. The van der Waals surface area contributed by atoms with E-state index in [1.54, 1.807) is 20.8 Å². The number of benzene rings is 7. The number of anilines is 6. The fraction of sp³-hybridized carbons (Fsp3) is 0.0851. The lowest BCUT2D eigenvalue weighted by atomic mass is 9.33. The second kappa shape index (κ2) is 9.79. The van der Waals surface area contributed by atoms with Crippen LogP contribution in [-0.4, -0.2) is 11.3 Å². The van der Waals surface area contributed by atoms with Gasteiger partial charge in [0.15, 0.2) is 0 Å². The summed E-state index contributed by atoms with van der Waals surface area (Å²) >= 11 is 0. The molecule has 0 unspecified atom stereocenters. The molecule has 3 aliphatic heterocycles. The van der Waals surface area contributed by atoms with E-state index < -0.39 is 185 Å². The maximum absolute atomic E-state index is 11.0. The van der Waals surface area contributed by atoms with Gasteiger partial charge in [-0.15, -0.1) is 0 Å². The smallest absolute Gasteiger partial charge is 0.252 e. The Kier molecular flexibility index (Phi) is 2.79. The minimum atomic E-state index is -1.72. The molecule has 0 aliphatic carbocycles. The van der Waals surface area contributed by atoms with E-state index in [0.29, 0.717) is 0 Å². The van der Waals surface area contributed by atoms with E-state index in [4.69, 9.17) is 14.0 Å². The Morgan fingerprint density at radius 1 is 0.623 bits per heavy atom. The molecule has 53 heavy (non-hydrogen) atoms. The number of nitrogens with zero attached hydrogens (tertiary/aromatic N) is 4. The quantitative estimate of drug-likeness (QED) is 0.160. The van der Waals surface area contributed by atoms with Crippen LogP contribution in [0.5, 0.6) is 0 Å². The molecule has 12 rings (SSSR count). The van der Waals surface area contributed by atoms with Crippen molar-refractivity contribution >= 4 is 101 Å². The average Bonchev–Trinajstić information content (AvgIpc) is 3.99. The molecule has 0 radical (unpaired) electrons. The van der Waals surface area contributed by atoms with Crippen LogP contribution < -0.4 is 26.2 Å². The van der Waals surface area contributed by atoms with Crippen LogP contribution in [0.4, 0.5) is 34.1 Å². The molecule has 5 heterocycles. The Morgan fingerprint density at radius 2 is 1.36 bits per heavy atom. The predicted octanol–water partition coefficient (Wildman–Crippen LogP) is 10.2. The number of nitriles is 1. The van der Waals surface area contributed by atoms with Crippen LogP contribution in [0.2, 0.25) is 0 Å². The Bertz CT molecular complexity index is 4420. The first-order valence-electron chi connectivity index (χ1n) is 27.5. The van der Waals surface area contributed by atoms with Gasteiger partial charge in [0.1, 0.15) is 11.2 Å². The summed E-state index contributed by atoms with van der Waals surface area (Å²) in [7, 11) is 0. The molecule has 0 atom stereocenters. The van der Waals surface area contributed by atoms with Gasteiger partial charge in [0, 0.05) is 50.3 Å². The van der Waals surface area contributed by atoms with Crippen molar-refractivity contribution in [3.05, 3.63) is 144 Å². The lowest BCUT2D eigenvalue weighted by Crippen LogP contribution is -2.62. The van der Waals surface area contributed by atoms with Gasteiger partial charge in [-0.2, -0.15) is 5.26 Å². The Balaban J connectivity index is 1.37. The van der Waals surface area contributed by atoms with Crippen molar-refractivity contribution in [2.75, 3.05) is 9.80 Å². The average molecular weight is 701 g/mol. The van der Waals surface area contributed by atoms with E-state index in [2.05, 4.69) is 0 Å². The van der Waals surface area contributed by atoms with Crippen molar-refractivity contribution in [3.63, 3.8) is 0 Å². The van der Waals surface area contributed by atoms with Gasteiger partial charge in [-0.1, -0.05) is 93.3 Å². The first kappa shape index (κ1) is 15.1. The SMILES string of the molecule is [2H]c1c([2H])c2c3c(c1[2H])-n1c4c([2H])c([2H])c([2H])c([2H])c4c4c([2H])c([2H])c([2H])c(c41)N3c1c([2H])c(C#N)c([2H])c3c1B2c1c([2H])c(C(C)(C)C)c([2H])c([2H])c1N3c1c([2H])c([2H])c2c(oc3c([2H])c([2H])c([2H])c([2H])c32)c1[2H]. The van der Waals surface area contributed by atoms with Crippen LogP contribution in [0.1, 0.15) is 62.1 Å². The summed E-state index contributed by atoms with van der Waals surface area (Å²) < 4.78 is 213. The zero-order valence-electron chi connectivity index (χ0n) is 49.8. The number of fused-ring (bicyclic) bond motifs is 12. The normalized spacial score (nSPS) is 19.6. The van der Waals surface area contributed by atoms with Gasteiger partial charge in [-0.05, 0) is 81.7 Å². The third-order valence-electron chi connectivity index (χ3n) is 10.0. The van der Waals surface area contributed by atoms with Gasteiger partial charge in [0.2, 0.25) is 0 Å². The fourth-order valence-electron chi connectivity index (χ4n) is 7.82. The van der Waals surface area contributed by atoms with Crippen LogP contribution >= 0.6 is 0 Å².